The molecular weight excluding hydrogens is 248 g/mol. The van der Waals surface area contributed by atoms with Crippen LogP contribution in [0.25, 0.3) is 0 Å². The molecule has 0 bridgehead atoms. The minimum Gasteiger partial charge on any atom is -0.481 e. The molecule has 1 saturated carbocycles. The van der Waals surface area contributed by atoms with Crippen molar-refractivity contribution in [2.45, 2.75) is 69.6 Å². The fourth-order valence-corrected chi connectivity index (χ4v) is 4.16. The molecule has 1 N–H and O–H groups in total. The second-order valence-corrected chi connectivity index (χ2v) is 6.88. The highest BCUT2D eigenvalue weighted by Gasteiger charge is 2.36. The first-order valence-corrected chi connectivity index (χ1v) is 7.94. The zero-order chi connectivity index (χ0) is 14.2. The number of aryl methyl sites for hydroxylation is 1. The van der Waals surface area contributed by atoms with Gasteiger partial charge < -0.3 is 5.11 Å². The molecule has 1 unspecified atom stereocenters. The molecule has 2 heteroatoms. The molecule has 0 radical (unpaired) electrons. The first-order valence-electron chi connectivity index (χ1n) is 7.94. The maximum absolute atomic E-state index is 11.1. The van der Waals surface area contributed by atoms with E-state index in [1.54, 1.807) is 0 Å². The Morgan fingerprint density at radius 3 is 2.75 bits per heavy atom. The van der Waals surface area contributed by atoms with Gasteiger partial charge in [0.05, 0.1) is 6.42 Å². The van der Waals surface area contributed by atoms with E-state index in [4.69, 9.17) is 5.11 Å². The summed E-state index contributed by atoms with van der Waals surface area (Å²) in [5.74, 6) is 0.0529. The summed E-state index contributed by atoms with van der Waals surface area (Å²) in [5, 5.41) is 9.12. The van der Waals surface area contributed by atoms with E-state index in [1.165, 1.54) is 48.8 Å². The fraction of sp³-hybridized carbons (Fsp3) is 0.611. The zero-order valence-electron chi connectivity index (χ0n) is 12.3. The van der Waals surface area contributed by atoms with Crippen molar-refractivity contribution in [3.05, 3.63) is 34.9 Å². The van der Waals surface area contributed by atoms with Crippen LogP contribution in [0.5, 0.6) is 0 Å². The van der Waals surface area contributed by atoms with Gasteiger partial charge in [-0.3, -0.25) is 4.79 Å². The third-order valence-electron chi connectivity index (χ3n) is 5.34. The van der Waals surface area contributed by atoms with Crippen LogP contribution in [0.4, 0.5) is 0 Å². The van der Waals surface area contributed by atoms with Crippen LogP contribution in [-0.2, 0) is 16.6 Å². The number of aliphatic carboxylic acids is 1. The Hall–Kier alpha value is -1.31. The number of hydrogen-bond acceptors (Lipinski definition) is 1. The predicted molar refractivity (Wildman–Crippen MR) is 80.2 cm³/mol. The summed E-state index contributed by atoms with van der Waals surface area (Å²) < 4.78 is 0. The smallest absolute Gasteiger partial charge is 0.304 e. The molecule has 1 aromatic rings. The lowest BCUT2D eigenvalue weighted by molar-refractivity contribution is -0.138. The van der Waals surface area contributed by atoms with Crippen LogP contribution in [0.3, 0.4) is 0 Å². The van der Waals surface area contributed by atoms with E-state index in [1.807, 2.05) is 0 Å². The number of carbonyl (C=O) groups is 1. The molecule has 0 aliphatic heterocycles. The summed E-state index contributed by atoms with van der Waals surface area (Å²) in [4.78, 5) is 11.1. The summed E-state index contributed by atoms with van der Waals surface area (Å²) >= 11 is 0. The van der Waals surface area contributed by atoms with Crippen molar-refractivity contribution < 1.29 is 9.90 Å². The van der Waals surface area contributed by atoms with Gasteiger partial charge in [0.25, 0.3) is 0 Å². The quantitative estimate of drug-likeness (QED) is 0.884. The van der Waals surface area contributed by atoms with Crippen molar-refractivity contribution in [3.63, 3.8) is 0 Å². The standard InChI is InChI=1S/C18H24O2/c1-18(12-17(19)20)10-9-15-11-14(7-8-16(15)18)13-5-3-2-4-6-13/h7-8,11,13H,2-6,9-10,12H2,1H3,(H,19,20). The van der Waals surface area contributed by atoms with Crippen molar-refractivity contribution in [1.82, 2.24) is 0 Å². The molecule has 0 saturated heterocycles. The molecule has 1 atom stereocenters. The Labute approximate surface area is 121 Å². The minimum absolute atomic E-state index is 0.160. The highest BCUT2D eigenvalue weighted by atomic mass is 16.4. The molecule has 0 amide bonds. The second kappa shape index (κ2) is 5.23. The third kappa shape index (κ3) is 2.48. The van der Waals surface area contributed by atoms with Gasteiger partial charge in [0, 0.05) is 5.41 Å². The molecule has 0 aromatic heterocycles. The van der Waals surface area contributed by atoms with E-state index in [0.717, 1.165) is 18.8 Å². The van der Waals surface area contributed by atoms with Crippen LogP contribution in [0.1, 0.15) is 74.5 Å². The summed E-state index contributed by atoms with van der Waals surface area (Å²) in [6, 6.07) is 6.86. The molecule has 0 spiro atoms. The lowest BCUT2D eigenvalue weighted by atomic mass is 9.79. The third-order valence-corrected chi connectivity index (χ3v) is 5.34. The summed E-state index contributed by atoms with van der Waals surface area (Å²) in [5.41, 5.74) is 4.01. The van der Waals surface area contributed by atoms with Crippen molar-refractivity contribution in [3.8, 4) is 0 Å². The molecule has 2 aliphatic carbocycles. The second-order valence-electron chi connectivity index (χ2n) is 6.88. The van der Waals surface area contributed by atoms with Crippen LogP contribution < -0.4 is 0 Å². The topological polar surface area (TPSA) is 37.3 Å². The highest BCUT2D eigenvalue weighted by molar-refractivity contribution is 5.69. The first kappa shape index (κ1) is 13.7. The van der Waals surface area contributed by atoms with Gasteiger partial charge in [-0.25, -0.2) is 0 Å². The van der Waals surface area contributed by atoms with E-state index in [0.29, 0.717) is 0 Å². The molecule has 1 fully saturated rings. The van der Waals surface area contributed by atoms with Gasteiger partial charge in [0.1, 0.15) is 0 Å². The van der Waals surface area contributed by atoms with E-state index < -0.39 is 5.97 Å². The highest BCUT2D eigenvalue weighted by Crippen LogP contribution is 2.43. The Kier molecular flexibility index (Phi) is 3.57. The monoisotopic (exact) mass is 272 g/mol. The summed E-state index contributed by atoms with van der Waals surface area (Å²) in [6.45, 7) is 2.10. The van der Waals surface area contributed by atoms with Gasteiger partial charge in [-0.15, -0.1) is 0 Å². The number of hydrogen-bond donors (Lipinski definition) is 1. The average Bonchev–Trinajstić information content (AvgIpc) is 2.76. The fourth-order valence-electron chi connectivity index (χ4n) is 4.16. The molecule has 2 nitrogen and oxygen atoms in total. The molecule has 20 heavy (non-hydrogen) atoms. The maximum atomic E-state index is 11.1. The number of rotatable bonds is 3. The van der Waals surface area contributed by atoms with Gasteiger partial charge in [-0.05, 0) is 48.3 Å². The van der Waals surface area contributed by atoms with Crippen LogP contribution in [0.2, 0.25) is 0 Å². The van der Waals surface area contributed by atoms with Crippen LogP contribution in [-0.4, -0.2) is 11.1 Å². The Morgan fingerprint density at radius 1 is 1.30 bits per heavy atom. The SMILES string of the molecule is CC1(CC(=O)O)CCc2cc(C3CCCCC3)ccc21. The normalized spacial score (nSPS) is 26.4. The maximum Gasteiger partial charge on any atom is 0.304 e. The van der Waals surface area contributed by atoms with Crippen LogP contribution in [0, 0.1) is 0 Å². The summed E-state index contributed by atoms with van der Waals surface area (Å²) in [7, 11) is 0. The summed E-state index contributed by atoms with van der Waals surface area (Å²) in [6.07, 6.45) is 9.02. The number of carboxylic acid groups (broad SMARTS) is 1. The molecular formula is C18H24O2. The predicted octanol–water partition coefficient (Wildman–Crippen LogP) is 4.41. The minimum atomic E-state index is -0.684. The van der Waals surface area contributed by atoms with Crippen molar-refractivity contribution in [1.29, 1.82) is 0 Å². The Morgan fingerprint density at radius 2 is 2.05 bits per heavy atom. The van der Waals surface area contributed by atoms with E-state index >= 15 is 0 Å². The Balaban J connectivity index is 1.86. The van der Waals surface area contributed by atoms with Gasteiger partial charge >= 0.3 is 5.97 Å². The molecule has 108 valence electrons. The average molecular weight is 272 g/mol. The van der Waals surface area contributed by atoms with Gasteiger partial charge in [0.15, 0.2) is 0 Å². The van der Waals surface area contributed by atoms with Gasteiger partial charge in [-0.1, -0.05) is 44.4 Å². The van der Waals surface area contributed by atoms with E-state index in [2.05, 4.69) is 25.1 Å². The largest absolute Gasteiger partial charge is 0.481 e. The number of carboxylic acids is 1. The van der Waals surface area contributed by atoms with Crippen molar-refractivity contribution >= 4 is 5.97 Å². The molecule has 0 heterocycles. The lowest BCUT2D eigenvalue weighted by Gasteiger charge is -2.25. The lowest BCUT2D eigenvalue weighted by Crippen LogP contribution is -2.22. The van der Waals surface area contributed by atoms with Crippen LogP contribution >= 0.6 is 0 Å². The van der Waals surface area contributed by atoms with Crippen molar-refractivity contribution in [2.24, 2.45) is 0 Å². The number of fused-ring (bicyclic) bond motifs is 1. The molecule has 3 rings (SSSR count). The molecule has 1 aromatic carbocycles. The van der Waals surface area contributed by atoms with E-state index in [-0.39, 0.29) is 11.8 Å². The van der Waals surface area contributed by atoms with Crippen molar-refractivity contribution in [2.75, 3.05) is 0 Å². The van der Waals surface area contributed by atoms with E-state index in [9.17, 15) is 4.79 Å². The number of benzene rings is 1. The molecule has 2 aliphatic rings. The zero-order valence-corrected chi connectivity index (χ0v) is 12.3. The first-order chi connectivity index (χ1) is 9.58. The van der Waals surface area contributed by atoms with Gasteiger partial charge in [0.2, 0.25) is 0 Å². The Bertz CT molecular complexity index is 514. The van der Waals surface area contributed by atoms with Gasteiger partial charge in [-0.2, -0.15) is 0 Å². The van der Waals surface area contributed by atoms with Crippen LogP contribution in [0.15, 0.2) is 18.2 Å².